The van der Waals surface area contributed by atoms with Crippen molar-refractivity contribution in [1.82, 2.24) is 9.88 Å². The molecule has 1 amide bonds. The van der Waals surface area contributed by atoms with Crippen molar-refractivity contribution < 1.29 is 14.3 Å². The highest BCUT2D eigenvalue weighted by atomic mass is 32.1. The molecule has 1 aliphatic rings. The summed E-state index contributed by atoms with van der Waals surface area (Å²) in [5, 5.41) is 3.93. The summed E-state index contributed by atoms with van der Waals surface area (Å²) in [4.78, 5) is 13.8. The van der Waals surface area contributed by atoms with Gasteiger partial charge >= 0.3 is 0 Å². The zero-order chi connectivity index (χ0) is 15.5. The number of nitrogens with zero attached hydrogens (tertiary/aromatic N) is 1. The van der Waals surface area contributed by atoms with Crippen molar-refractivity contribution in [2.45, 2.75) is 20.0 Å². The number of nitrogens with one attached hydrogen (secondary N) is 1. The summed E-state index contributed by atoms with van der Waals surface area (Å²) >= 11 is 1.63. The van der Waals surface area contributed by atoms with Gasteiger partial charge < -0.3 is 19.4 Å². The first-order valence-corrected chi connectivity index (χ1v) is 8.19. The van der Waals surface area contributed by atoms with Crippen molar-refractivity contribution in [2.24, 2.45) is 0 Å². The maximum absolute atomic E-state index is 12.6. The van der Waals surface area contributed by atoms with Gasteiger partial charge in [-0.15, -0.1) is 11.3 Å². The second-order valence-electron chi connectivity index (χ2n) is 5.33. The third kappa shape index (κ3) is 3.09. The third-order valence-electron chi connectivity index (χ3n) is 3.81. The molecule has 1 atom stereocenters. The molecule has 0 aliphatic carbocycles. The van der Waals surface area contributed by atoms with Gasteiger partial charge in [0.1, 0.15) is 5.00 Å². The number of thiophene rings is 1. The topological polar surface area (TPSA) is 52.5 Å². The largest absolute Gasteiger partial charge is 0.376 e. The lowest BCUT2D eigenvalue weighted by Gasteiger charge is -2.23. The van der Waals surface area contributed by atoms with E-state index in [1.54, 1.807) is 11.3 Å². The summed E-state index contributed by atoms with van der Waals surface area (Å²) in [7, 11) is 0. The van der Waals surface area contributed by atoms with E-state index in [0.29, 0.717) is 26.4 Å². The number of amides is 1. The second-order valence-corrected chi connectivity index (χ2v) is 6.53. The maximum Gasteiger partial charge on any atom is 0.254 e. The Balaban J connectivity index is 1.77. The number of carbonyl (C=O) groups is 1. The van der Waals surface area contributed by atoms with Gasteiger partial charge in [0, 0.05) is 23.8 Å². The Morgan fingerprint density at radius 2 is 2.14 bits per heavy atom. The summed E-state index contributed by atoms with van der Waals surface area (Å²) in [5.74, 6) is -0.0558. The Morgan fingerprint density at radius 1 is 1.36 bits per heavy atom. The minimum absolute atomic E-state index is 0.0558. The molecule has 6 heteroatoms. The normalized spacial score (nSPS) is 18.4. The molecular formula is C16H20N2O3S. The van der Waals surface area contributed by atoms with Crippen LogP contribution in [0.3, 0.4) is 0 Å². The van der Waals surface area contributed by atoms with E-state index in [1.807, 2.05) is 42.9 Å². The average molecular weight is 320 g/mol. The highest BCUT2D eigenvalue weighted by molar-refractivity contribution is 7.15. The van der Waals surface area contributed by atoms with Gasteiger partial charge in [0.05, 0.1) is 31.5 Å². The summed E-state index contributed by atoms with van der Waals surface area (Å²) in [6.07, 6.45) is 3.85. The monoisotopic (exact) mass is 320 g/mol. The van der Waals surface area contributed by atoms with Crippen LogP contribution in [0, 0.1) is 13.8 Å². The molecule has 2 aromatic rings. The van der Waals surface area contributed by atoms with Gasteiger partial charge in [-0.05, 0) is 31.5 Å². The van der Waals surface area contributed by atoms with E-state index in [1.165, 1.54) is 0 Å². The molecule has 0 radical (unpaired) electrons. The summed E-state index contributed by atoms with van der Waals surface area (Å²) < 4.78 is 12.9. The third-order valence-corrected chi connectivity index (χ3v) is 5.03. The van der Waals surface area contributed by atoms with Crippen molar-refractivity contribution in [3.05, 3.63) is 40.5 Å². The molecule has 3 rings (SSSR count). The second kappa shape index (κ2) is 6.64. The van der Waals surface area contributed by atoms with Gasteiger partial charge in [0.25, 0.3) is 5.91 Å². The van der Waals surface area contributed by atoms with Crippen LogP contribution >= 0.6 is 11.3 Å². The number of aromatic nitrogens is 1. The molecule has 3 heterocycles. The first-order valence-electron chi connectivity index (χ1n) is 7.37. The number of hydrogen-bond acceptors (Lipinski definition) is 4. The quantitative estimate of drug-likeness (QED) is 0.940. The number of hydrogen-bond donors (Lipinski definition) is 1. The van der Waals surface area contributed by atoms with Crippen molar-refractivity contribution in [3.63, 3.8) is 0 Å². The molecule has 1 saturated heterocycles. The van der Waals surface area contributed by atoms with Crippen molar-refractivity contribution in [2.75, 3.05) is 26.4 Å². The molecule has 0 saturated carbocycles. The van der Waals surface area contributed by atoms with Gasteiger partial charge in [0.15, 0.2) is 0 Å². The lowest BCUT2D eigenvalue weighted by Crippen LogP contribution is -2.40. The van der Waals surface area contributed by atoms with E-state index in [-0.39, 0.29) is 12.0 Å². The van der Waals surface area contributed by atoms with E-state index >= 15 is 0 Å². The standard InChI is InChI=1S/C16H20N2O3S/c1-11-12(2)22-16(18-5-3-4-6-18)14(11)15(19)17-9-13-10-20-7-8-21-13/h3-6,13H,7-10H2,1-2H3,(H,17,19). The van der Waals surface area contributed by atoms with E-state index < -0.39 is 0 Å². The zero-order valence-electron chi connectivity index (χ0n) is 12.8. The van der Waals surface area contributed by atoms with Crippen LogP contribution in [-0.4, -0.2) is 42.9 Å². The SMILES string of the molecule is Cc1sc(-n2cccc2)c(C(=O)NCC2COCCO2)c1C. The van der Waals surface area contributed by atoms with Gasteiger partial charge in [-0.2, -0.15) is 0 Å². The molecule has 118 valence electrons. The van der Waals surface area contributed by atoms with Crippen LogP contribution in [0.1, 0.15) is 20.8 Å². The van der Waals surface area contributed by atoms with E-state index in [0.717, 1.165) is 21.0 Å². The number of carbonyl (C=O) groups excluding carboxylic acids is 1. The van der Waals surface area contributed by atoms with Crippen LogP contribution in [0.15, 0.2) is 24.5 Å². The molecule has 5 nitrogen and oxygen atoms in total. The van der Waals surface area contributed by atoms with E-state index in [4.69, 9.17) is 9.47 Å². The Labute approximate surface area is 133 Å². The summed E-state index contributed by atoms with van der Waals surface area (Å²) in [6.45, 7) is 6.26. The van der Waals surface area contributed by atoms with Crippen molar-refractivity contribution >= 4 is 17.2 Å². The first kappa shape index (κ1) is 15.3. The van der Waals surface area contributed by atoms with Gasteiger partial charge in [-0.1, -0.05) is 0 Å². The highest BCUT2D eigenvalue weighted by Crippen LogP contribution is 2.30. The van der Waals surface area contributed by atoms with Gasteiger partial charge in [-0.25, -0.2) is 0 Å². The number of aryl methyl sites for hydroxylation is 1. The van der Waals surface area contributed by atoms with Crippen molar-refractivity contribution in [1.29, 1.82) is 0 Å². The fraction of sp³-hybridized carbons (Fsp3) is 0.438. The molecular weight excluding hydrogens is 300 g/mol. The van der Waals surface area contributed by atoms with Gasteiger partial charge in [0.2, 0.25) is 0 Å². The lowest BCUT2D eigenvalue weighted by molar-refractivity contribution is -0.0855. The van der Waals surface area contributed by atoms with Crippen LogP contribution in [0.25, 0.3) is 5.00 Å². The molecule has 1 N–H and O–H groups in total. The van der Waals surface area contributed by atoms with Crippen LogP contribution in [-0.2, 0) is 9.47 Å². The smallest absolute Gasteiger partial charge is 0.254 e. The van der Waals surface area contributed by atoms with E-state index in [9.17, 15) is 4.79 Å². The minimum atomic E-state index is -0.0623. The molecule has 22 heavy (non-hydrogen) atoms. The average Bonchev–Trinajstić information content (AvgIpc) is 3.15. The highest BCUT2D eigenvalue weighted by Gasteiger charge is 2.22. The zero-order valence-corrected chi connectivity index (χ0v) is 13.6. The molecule has 1 fully saturated rings. The lowest BCUT2D eigenvalue weighted by atomic mass is 10.1. The molecule has 0 aromatic carbocycles. The summed E-state index contributed by atoms with van der Waals surface area (Å²) in [5.41, 5.74) is 1.78. The molecule has 1 unspecified atom stereocenters. The predicted octanol–water partition coefficient (Wildman–Crippen LogP) is 2.30. The van der Waals surface area contributed by atoms with Crippen LogP contribution in [0.5, 0.6) is 0 Å². The molecule has 0 spiro atoms. The minimum Gasteiger partial charge on any atom is -0.376 e. The maximum atomic E-state index is 12.6. The Kier molecular flexibility index (Phi) is 4.61. The number of rotatable bonds is 4. The number of ether oxygens (including phenoxy) is 2. The Hall–Kier alpha value is -1.63. The molecule has 2 aromatic heterocycles. The van der Waals surface area contributed by atoms with Crippen LogP contribution in [0.2, 0.25) is 0 Å². The predicted molar refractivity (Wildman–Crippen MR) is 86.0 cm³/mol. The van der Waals surface area contributed by atoms with Crippen molar-refractivity contribution in [3.8, 4) is 5.00 Å². The van der Waals surface area contributed by atoms with E-state index in [2.05, 4.69) is 5.32 Å². The molecule has 1 aliphatic heterocycles. The van der Waals surface area contributed by atoms with Gasteiger partial charge in [-0.3, -0.25) is 4.79 Å². The Bertz CT molecular complexity index is 643. The summed E-state index contributed by atoms with van der Waals surface area (Å²) in [6, 6.07) is 3.92. The molecule has 0 bridgehead atoms. The van der Waals surface area contributed by atoms with Crippen LogP contribution in [0.4, 0.5) is 0 Å². The Morgan fingerprint density at radius 3 is 2.82 bits per heavy atom. The first-order chi connectivity index (χ1) is 10.7. The van der Waals surface area contributed by atoms with Crippen LogP contribution < -0.4 is 5.32 Å². The fourth-order valence-corrected chi connectivity index (χ4v) is 3.60. The fourth-order valence-electron chi connectivity index (χ4n) is 2.48.